The third-order valence-electron chi connectivity index (χ3n) is 5.31. The van der Waals surface area contributed by atoms with Crippen LogP contribution in [-0.2, 0) is 4.74 Å². The summed E-state index contributed by atoms with van der Waals surface area (Å²) in [5, 5.41) is 1.16. The second kappa shape index (κ2) is 8.01. The average molecular weight is 415 g/mol. The van der Waals surface area contributed by atoms with Crippen LogP contribution in [0.3, 0.4) is 0 Å². The maximum atomic E-state index is 11.9. The van der Waals surface area contributed by atoms with Gasteiger partial charge in [-0.1, -0.05) is 42.5 Å². The Kier molecular flexibility index (Phi) is 5.25. The van der Waals surface area contributed by atoms with E-state index in [-0.39, 0.29) is 18.4 Å². The van der Waals surface area contributed by atoms with E-state index in [1.165, 1.54) is 7.11 Å². The van der Waals surface area contributed by atoms with Crippen molar-refractivity contribution in [2.24, 2.45) is 0 Å². The number of halogens is 1. The molecule has 2 N–H and O–H groups in total. The topological polar surface area (TPSA) is 56.1 Å². The van der Waals surface area contributed by atoms with E-state index in [2.05, 4.69) is 46.7 Å². The van der Waals surface area contributed by atoms with E-state index in [0.717, 1.165) is 44.4 Å². The van der Waals surface area contributed by atoms with Crippen LogP contribution in [0.25, 0.3) is 22.0 Å². The van der Waals surface area contributed by atoms with Gasteiger partial charge in [-0.05, 0) is 29.8 Å². The number of ether oxygens (including phenoxy) is 1. The first-order chi connectivity index (χ1) is 14.3. The molecule has 5 heteroatoms. The molecule has 3 aromatic carbocycles. The largest absolute Gasteiger partial charge is 1.00 e. The maximum Gasteiger partial charge on any atom is 0.337 e. The Morgan fingerprint density at radius 1 is 0.900 bits per heavy atom. The molecule has 1 aliphatic rings. The Morgan fingerprint density at radius 2 is 1.60 bits per heavy atom. The van der Waals surface area contributed by atoms with Crippen molar-refractivity contribution in [3.63, 3.8) is 0 Å². The predicted octanol–water partition coefficient (Wildman–Crippen LogP) is 0.714. The number of allylic oxidation sites excluding steroid dienone is 1. The molecule has 0 bridgehead atoms. The van der Waals surface area contributed by atoms with Gasteiger partial charge in [0.1, 0.15) is 0 Å². The average Bonchev–Trinajstić information content (AvgIpc) is 3.39. The molecule has 1 aromatic heterocycles. The summed E-state index contributed by atoms with van der Waals surface area (Å²) in [5.74, 6) is -0.336. The lowest BCUT2D eigenvalue weighted by Crippen LogP contribution is -3.00. The van der Waals surface area contributed by atoms with Gasteiger partial charge >= 0.3 is 5.97 Å². The molecule has 1 aliphatic heterocycles. The molecule has 4 aromatic rings. The van der Waals surface area contributed by atoms with E-state index >= 15 is 0 Å². The number of nitrogens with one attached hydrogen (secondary N) is 2. The van der Waals surface area contributed by atoms with Crippen molar-refractivity contribution in [2.45, 2.75) is 0 Å². The van der Waals surface area contributed by atoms with E-state index in [9.17, 15) is 4.79 Å². The maximum absolute atomic E-state index is 11.9. The first kappa shape index (κ1) is 19.7. The summed E-state index contributed by atoms with van der Waals surface area (Å²) in [6.07, 6.45) is 4.10. The number of fused-ring (bicyclic) bond motifs is 2. The second-order valence-corrected chi connectivity index (χ2v) is 6.94. The van der Waals surface area contributed by atoms with E-state index in [4.69, 9.17) is 4.74 Å². The van der Waals surface area contributed by atoms with E-state index in [1.54, 1.807) is 0 Å². The molecule has 30 heavy (non-hydrogen) atoms. The highest BCUT2D eigenvalue weighted by Gasteiger charge is 2.24. The molecule has 0 spiro atoms. The number of para-hydroxylation sites is 2. The molecule has 2 heterocycles. The van der Waals surface area contributed by atoms with Crippen LogP contribution in [0.15, 0.2) is 79.0 Å². The van der Waals surface area contributed by atoms with Gasteiger partial charge in [-0.3, -0.25) is 0 Å². The van der Waals surface area contributed by atoms with Crippen LogP contribution in [0.2, 0.25) is 0 Å². The lowest BCUT2D eigenvalue weighted by atomic mass is 9.90. The standard InChI is InChI=1S/C25H18N2O2.ClH/c1-29-25(28)17-12-10-16(11-13-17)24(20-14-26-22-8-4-2-6-18(20)22)21-15-27-23-9-5-3-7-19(21)23;/h2-15,26H,1H3;1H. The third kappa shape index (κ3) is 3.21. The fourth-order valence-electron chi connectivity index (χ4n) is 3.90. The van der Waals surface area contributed by atoms with Gasteiger partial charge < -0.3 is 22.1 Å². The van der Waals surface area contributed by atoms with Gasteiger partial charge in [0, 0.05) is 34.3 Å². The third-order valence-corrected chi connectivity index (χ3v) is 5.31. The van der Waals surface area contributed by atoms with Crippen molar-refractivity contribution < 1.29 is 26.9 Å². The van der Waals surface area contributed by atoms with Crippen LogP contribution in [0.1, 0.15) is 27.0 Å². The van der Waals surface area contributed by atoms with Crippen LogP contribution < -0.4 is 17.4 Å². The molecule has 0 fully saturated rings. The van der Waals surface area contributed by atoms with Gasteiger partial charge in [0.2, 0.25) is 5.69 Å². The Hall–Kier alpha value is -3.63. The van der Waals surface area contributed by atoms with E-state index < -0.39 is 0 Å². The first-order valence-corrected chi connectivity index (χ1v) is 9.45. The zero-order chi connectivity index (χ0) is 19.8. The molecule has 0 radical (unpaired) electrons. The van der Waals surface area contributed by atoms with Gasteiger partial charge in [0.25, 0.3) is 0 Å². The van der Waals surface area contributed by atoms with Crippen molar-refractivity contribution in [3.05, 3.63) is 101 Å². The number of aromatic nitrogens is 1. The molecule has 0 unspecified atom stereocenters. The monoisotopic (exact) mass is 414 g/mol. The fourth-order valence-corrected chi connectivity index (χ4v) is 3.90. The number of benzene rings is 3. The smallest absolute Gasteiger partial charge is 0.337 e. The summed E-state index contributed by atoms with van der Waals surface area (Å²) in [6, 6.07) is 24.1. The molecule has 5 rings (SSSR count). The van der Waals surface area contributed by atoms with Crippen LogP contribution in [0.5, 0.6) is 0 Å². The van der Waals surface area contributed by atoms with Crippen molar-refractivity contribution in [2.75, 3.05) is 7.11 Å². The lowest BCUT2D eigenvalue weighted by Gasteiger charge is -2.11. The minimum absolute atomic E-state index is 0. The Balaban J connectivity index is 0.00000218. The summed E-state index contributed by atoms with van der Waals surface area (Å²) in [7, 11) is 1.39. The Bertz CT molecular complexity index is 1300. The summed E-state index contributed by atoms with van der Waals surface area (Å²) in [4.78, 5) is 18.6. The quantitative estimate of drug-likeness (QED) is 0.485. The molecule has 0 amide bonds. The normalized spacial score (nSPS) is 13.6. The molecular weight excluding hydrogens is 396 g/mol. The molecule has 4 nitrogen and oxygen atoms in total. The van der Waals surface area contributed by atoms with Crippen LogP contribution in [0.4, 0.5) is 5.69 Å². The predicted molar refractivity (Wildman–Crippen MR) is 115 cm³/mol. The van der Waals surface area contributed by atoms with Crippen molar-refractivity contribution in [1.29, 1.82) is 0 Å². The zero-order valence-corrected chi connectivity index (χ0v) is 17.0. The zero-order valence-electron chi connectivity index (χ0n) is 16.3. The number of esters is 1. The number of carbonyl (C=O) groups excluding carboxylic acids is 1. The SMILES string of the molecule is COC(=O)c1ccc(C(=C2C=[NH+]c3ccccc32)c2c[nH]c3ccccc23)cc1.[Cl-]. The van der Waals surface area contributed by atoms with E-state index in [1.807, 2.05) is 48.5 Å². The van der Waals surface area contributed by atoms with Gasteiger partial charge in [0.05, 0.1) is 23.8 Å². The molecule has 0 saturated heterocycles. The van der Waals surface area contributed by atoms with Gasteiger partial charge in [-0.2, -0.15) is 0 Å². The van der Waals surface area contributed by atoms with Gasteiger partial charge in [-0.25, -0.2) is 9.79 Å². The van der Waals surface area contributed by atoms with Crippen LogP contribution in [0, 0.1) is 0 Å². The van der Waals surface area contributed by atoms with Crippen LogP contribution >= 0.6 is 0 Å². The Morgan fingerprint density at radius 3 is 2.40 bits per heavy atom. The molecule has 0 aliphatic carbocycles. The molecule has 0 atom stereocenters. The number of hydrogen-bond acceptors (Lipinski definition) is 2. The summed E-state index contributed by atoms with van der Waals surface area (Å²) >= 11 is 0. The highest BCUT2D eigenvalue weighted by atomic mass is 35.5. The highest BCUT2D eigenvalue weighted by Crippen LogP contribution is 2.37. The molecule has 148 valence electrons. The number of rotatable bonds is 3. The lowest BCUT2D eigenvalue weighted by molar-refractivity contribution is -0.342. The Labute approximate surface area is 180 Å². The molecule has 0 saturated carbocycles. The van der Waals surface area contributed by atoms with Crippen molar-refractivity contribution in [3.8, 4) is 0 Å². The highest BCUT2D eigenvalue weighted by molar-refractivity contribution is 6.24. The minimum Gasteiger partial charge on any atom is -1.00 e. The minimum atomic E-state index is -0.336. The molecular formula is C25H19ClN2O2. The summed E-state index contributed by atoms with van der Waals surface area (Å²) < 4.78 is 4.84. The van der Waals surface area contributed by atoms with Crippen LogP contribution in [-0.4, -0.2) is 24.3 Å². The number of H-pyrrole nitrogens is 1. The fraction of sp³-hybridized carbons (Fsp3) is 0.0400. The summed E-state index contributed by atoms with van der Waals surface area (Å²) in [5.41, 5.74) is 8.26. The second-order valence-electron chi connectivity index (χ2n) is 6.94. The van der Waals surface area contributed by atoms with Gasteiger partial charge in [0.15, 0.2) is 6.21 Å². The first-order valence-electron chi connectivity index (χ1n) is 9.45. The van der Waals surface area contributed by atoms with Gasteiger partial charge in [-0.15, -0.1) is 0 Å². The van der Waals surface area contributed by atoms with Crippen molar-refractivity contribution >= 4 is 39.9 Å². The number of aromatic amines is 1. The summed E-state index contributed by atoms with van der Waals surface area (Å²) in [6.45, 7) is 0. The van der Waals surface area contributed by atoms with E-state index in [0.29, 0.717) is 5.56 Å². The number of methoxy groups -OCH3 is 1. The number of hydrogen-bond donors (Lipinski definition) is 2. The number of carbonyl (C=O) groups is 1. The van der Waals surface area contributed by atoms with Crippen molar-refractivity contribution in [1.82, 2.24) is 4.98 Å².